The summed E-state index contributed by atoms with van der Waals surface area (Å²) >= 11 is 1.05. The number of aromatic hydroxyl groups is 1. The van der Waals surface area contributed by atoms with E-state index in [1.54, 1.807) is 17.0 Å². The Morgan fingerprint density at radius 1 is 1.28 bits per heavy atom. The topological polar surface area (TPSA) is 101 Å². The summed E-state index contributed by atoms with van der Waals surface area (Å²) in [4.78, 5) is 27.3. The molecule has 1 fully saturated rings. The maximum Gasteiger partial charge on any atom is 0.278 e. The molecule has 0 saturated carbocycles. The molecule has 0 bridgehead atoms. The summed E-state index contributed by atoms with van der Waals surface area (Å²) in [7, 11) is 1.72. The zero-order chi connectivity index (χ0) is 22.6. The van der Waals surface area contributed by atoms with E-state index in [4.69, 9.17) is 4.74 Å². The Kier molecular flexibility index (Phi) is 4.90. The van der Waals surface area contributed by atoms with Crippen LogP contribution in [-0.2, 0) is 11.2 Å². The number of nitrogens with zero attached hydrogens (tertiary/aromatic N) is 5. The maximum atomic E-state index is 14.0. The average molecular weight is 461 g/mol. The van der Waals surface area contributed by atoms with Gasteiger partial charge in [-0.1, -0.05) is 17.4 Å². The number of carbonyl (C=O) groups is 1. The summed E-state index contributed by atoms with van der Waals surface area (Å²) in [5.41, 5.74) is -0.584. The first-order valence-electron chi connectivity index (χ1n) is 9.72. The van der Waals surface area contributed by atoms with Gasteiger partial charge in [0.05, 0.1) is 18.8 Å². The third-order valence-corrected chi connectivity index (χ3v) is 6.51. The fraction of sp³-hybridized carbons (Fsp3) is 0.300. The van der Waals surface area contributed by atoms with Crippen molar-refractivity contribution in [2.45, 2.75) is 12.6 Å². The van der Waals surface area contributed by atoms with Crippen molar-refractivity contribution in [1.29, 1.82) is 0 Å². The lowest BCUT2D eigenvalue weighted by atomic mass is 10.1. The number of aromatic nitrogens is 3. The first-order chi connectivity index (χ1) is 15.3. The molecule has 9 nitrogen and oxygen atoms in total. The van der Waals surface area contributed by atoms with Crippen LogP contribution in [0.15, 0.2) is 29.2 Å². The molecule has 3 aromatic rings. The highest BCUT2D eigenvalue weighted by molar-refractivity contribution is 7.14. The van der Waals surface area contributed by atoms with Crippen molar-refractivity contribution in [2.75, 3.05) is 31.8 Å². The summed E-state index contributed by atoms with van der Waals surface area (Å²) in [5, 5.41) is 20.9. The molecular weight excluding hydrogens is 444 g/mol. The Hall–Kier alpha value is -3.38. The van der Waals surface area contributed by atoms with Crippen LogP contribution in [-0.4, -0.2) is 63.8 Å². The van der Waals surface area contributed by atoms with Crippen LogP contribution >= 0.6 is 11.3 Å². The van der Waals surface area contributed by atoms with Crippen molar-refractivity contribution >= 4 is 17.2 Å². The summed E-state index contributed by atoms with van der Waals surface area (Å²) < 4.78 is 34.0. The predicted octanol–water partition coefficient (Wildman–Crippen LogP) is 1.32. The van der Waals surface area contributed by atoms with Crippen LogP contribution in [0.25, 0.3) is 10.6 Å². The summed E-state index contributed by atoms with van der Waals surface area (Å²) in [6, 6.07) is 3.26. The van der Waals surface area contributed by atoms with Crippen LogP contribution in [0.5, 0.6) is 5.75 Å². The lowest BCUT2D eigenvalue weighted by Crippen LogP contribution is -2.64. The third-order valence-electron chi connectivity index (χ3n) is 5.56. The van der Waals surface area contributed by atoms with E-state index in [2.05, 4.69) is 10.2 Å². The quantitative estimate of drug-likeness (QED) is 0.628. The van der Waals surface area contributed by atoms with Crippen molar-refractivity contribution in [3.8, 4) is 16.3 Å². The average Bonchev–Trinajstić information content (AvgIpc) is 3.24. The van der Waals surface area contributed by atoms with Gasteiger partial charge < -0.3 is 14.7 Å². The highest BCUT2D eigenvalue weighted by atomic mass is 32.1. The lowest BCUT2D eigenvalue weighted by Gasteiger charge is -2.46. The van der Waals surface area contributed by atoms with Gasteiger partial charge in [-0.15, -0.1) is 10.2 Å². The van der Waals surface area contributed by atoms with E-state index in [9.17, 15) is 23.5 Å². The van der Waals surface area contributed by atoms with Crippen LogP contribution in [0.3, 0.4) is 0 Å². The molecule has 2 aliphatic rings. The normalized spacial score (nSPS) is 18.0. The van der Waals surface area contributed by atoms with E-state index in [0.29, 0.717) is 18.2 Å². The molecule has 1 saturated heterocycles. The minimum absolute atomic E-state index is 0.0550. The van der Waals surface area contributed by atoms with Crippen molar-refractivity contribution < 1.29 is 23.4 Å². The number of hydrogen-bond acceptors (Lipinski definition) is 8. The van der Waals surface area contributed by atoms with Crippen LogP contribution in [0, 0.1) is 11.6 Å². The Morgan fingerprint density at radius 2 is 2.09 bits per heavy atom. The molecule has 1 amide bonds. The maximum absolute atomic E-state index is 14.0. The molecule has 5 rings (SSSR count). The molecule has 2 aliphatic heterocycles. The number of amides is 1. The van der Waals surface area contributed by atoms with Gasteiger partial charge in [0, 0.05) is 32.3 Å². The monoisotopic (exact) mass is 461 g/mol. The molecule has 2 aromatic heterocycles. The minimum Gasteiger partial charge on any atom is -0.502 e. The van der Waals surface area contributed by atoms with Gasteiger partial charge in [-0.05, 0) is 11.6 Å². The number of fused-ring (bicyclic) bond motifs is 2. The molecular formula is C20H17F2N5O4S. The molecule has 0 aliphatic carbocycles. The molecule has 0 spiro atoms. The molecule has 32 heavy (non-hydrogen) atoms. The number of pyridine rings is 1. The Bertz CT molecular complexity index is 1290. The van der Waals surface area contributed by atoms with Crippen LogP contribution in [0.1, 0.15) is 21.1 Å². The largest absolute Gasteiger partial charge is 0.502 e. The molecule has 12 heteroatoms. The van der Waals surface area contributed by atoms with E-state index in [1.165, 1.54) is 16.9 Å². The highest BCUT2D eigenvalue weighted by Crippen LogP contribution is 2.30. The van der Waals surface area contributed by atoms with Gasteiger partial charge in [0.1, 0.15) is 22.8 Å². The molecule has 4 heterocycles. The number of halogens is 2. The first kappa shape index (κ1) is 20.5. The second kappa shape index (κ2) is 7.64. The number of benzene rings is 1. The number of carbonyl (C=O) groups excluding carboxylic acids is 1. The van der Waals surface area contributed by atoms with Gasteiger partial charge in [-0.3, -0.25) is 19.3 Å². The van der Waals surface area contributed by atoms with Gasteiger partial charge in [-0.25, -0.2) is 8.78 Å². The summed E-state index contributed by atoms with van der Waals surface area (Å²) in [5.74, 6) is -2.51. The molecule has 0 radical (unpaired) electrons. The van der Waals surface area contributed by atoms with E-state index in [-0.39, 0.29) is 41.0 Å². The molecule has 1 atom stereocenters. The Morgan fingerprint density at radius 3 is 2.88 bits per heavy atom. The van der Waals surface area contributed by atoms with Crippen LogP contribution in [0.2, 0.25) is 0 Å². The molecule has 1 N–H and O–H groups in total. The van der Waals surface area contributed by atoms with E-state index in [0.717, 1.165) is 23.5 Å². The predicted molar refractivity (Wildman–Crippen MR) is 110 cm³/mol. The highest BCUT2D eigenvalue weighted by Gasteiger charge is 2.40. The Labute approximate surface area is 184 Å². The van der Waals surface area contributed by atoms with E-state index < -0.39 is 28.7 Å². The number of likely N-dealkylation sites (N-methyl/N-ethyl adjacent to an activating group) is 1. The van der Waals surface area contributed by atoms with Crippen molar-refractivity contribution in [1.82, 2.24) is 19.8 Å². The number of ether oxygens (including phenoxy) is 1. The van der Waals surface area contributed by atoms with Crippen molar-refractivity contribution in [2.24, 2.45) is 0 Å². The molecule has 1 unspecified atom stereocenters. The van der Waals surface area contributed by atoms with Gasteiger partial charge in [0.25, 0.3) is 5.91 Å². The van der Waals surface area contributed by atoms with E-state index >= 15 is 0 Å². The second-order valence-corrected chi connectivity index (χ2v) is 8.52. The zero-order valence-corrected chi connectivity index (χ0v) is 17.6. The standard InChI is InChI=1S/C20H17F2N5O4S/c1-25-15-9-31-5-4-26(15)20(30)16-18(29)17(28)12(8-27(16)25)19-24-23-14(32-19)6-10-2-3-11(21)7-13(10)22/h2-3,7-8,15,29H,4-6,9H2,1H3. The van der Waals surface area contributed by atoms with Gasteiger partial charge in [-0.2, -0.15) is 0 Å². The zero-order valence-electron chi connectivity index (χ0n) is 16.8. The first-order valence-corrected chi connectivity index (χ1v) is 10.5. The number of rotatable bonds is 3. The van der Waals surface area contributed by atoms with Crippen LogP contribution < -0.4 is 10.4 Å². The van der Waals surface area contributed by atoms with Crippen molar-refractivity contribution in [3.63, 3.8) is 0 Å². The Balaban J connectivity index is 1.53. The fourth-order valence-electron chi connectivity index (χ4n) is 3.87. The lowest BCUT2D eigenvalue weighted by molar-refractivity contribution is -0.0149. The van der Waals surface area contributed by atoms with Gasteiger partial charge >= 0.3 is 0 Å². The molecule has 166 valence electrons. The van der Waals surface area contributed by atoms with Gasteiger partial charge in [0.15, 0.2) is 16.5 Å². The smallest absolute Gasteiger partial charge is 0.278 e. The summed E-state index contributed by atoms with van der Waals surface area (Å²) in [6.07, 6.45) is 1.11. The minimum atomic E-state index is -0.750. The SMILES string of the molecule is CN1C2COCCN2C(=O)c2c(O)c(=O)c(-c3nnc(Cc4ccc(F)cc4F)s3)cn21. The van der Waals surface area contributed by atoms with Crippen LogP contribution in [0.4, 0.5) is 8.78 Å². The van der Waals surface area contributed by atoms with E-state index in [1.807, 2.05) is 0 Å². The summed E-state index contributed by atoms with van der Waals surface area (Å²) in [6.45, 7) is 1.01. The third kappa shape index (κ3) is 3.22. The van der Waals surface area contributed by atoms with Crippen molar-refractivity contribution in [3.05, 3.63) is 62.5 Å². The fourth-order valence-corrected chi connectivity index (χ4v) is 4.74. The van der Waals surface area contributed by atoms with Gasteiger partial charge in [0.2, 0.25) is 5.43 Å². The second-order valence-electron chi connectivity index (χ2n) is 7.45. The number of morpholine rings is 1. The number of hydrogen-bond donors (Lipinski definition) is 1. The molecule has 1 aromatic carbocycles.